The molecule has 0 fully saturated rings. The third-order valence-corrected chi connectivity index (χ3v) is 4.35. The molecular weight excluding hydrogens is 284 g/mol. The molecular formula is C17H14O3S. The predicted molar refractivity (Wildman–Crippen MR) is 84.3 cm³/mol. The van der Waals surface area contributed by atoms with Crippen LogP contribution in [0, 0.1) is 6.92 Å². The van der Waals surface area contributed by atoms with Gasteiger partial charge in [0.05, 0.1) is 5.56 Å². The molecule has 0 unspecified atom stereocenters. The topological polar surface area (TPSA) is 46.5 Å². The summed E-state index contributed by atoms with van der Waals surface area (Å²) >= 11 is 1.57. The van der Waals surface area contributed by atoms with E-state index in [2.05, 4.69) is 0 Å². The minimum atomic E-state index is -0.900. The average molecular weight is 298 g/mol. The summed E-state index contributed by atoms with van der Waals surface area (Å²) in [6, 6.07) is 15.1. The summed E-state index contributed by atoms with van der Waals surface area (Å²) in [4.78, 5) is 12.1. The Morgan fingerprint density at radius 1 is 1.19 bits per heavy atom. The van der Waals surface area contributed by atoms with Crippen molar-refractivity contribution in [1.29, 1.82) is 0 Å². The Morgan fingerprint density at radius 2 is 2.00 bits per heavy atom. The van der Waals surface area contributed by atoms with Gasteiger partial charge in [0.15, 0.2) is 0 Å². The lowest BCUT2D eigenvalue weighted by Crippen LogP contribution is -1.94. The lowest BCUT2D eigenvalue weighted by molar-refractivity contribution is 0.0697. The first kappa shape index (κ1) is 13.6. The quantitative estimate of drug-likeness (QED) is 0.772. The maximum atomic E-state index is 11.0. The molecule has 3 aromatic rings. The van der Waals surface area contributed by atoms with Crippen molar-refractivity contribution in [1.82, 2.24) is 0 Å². The van der Waals surface area contributed by atoms with Crippen molar-refractivity contribution in [2.45, 2.75) is 13.5 Å². The number of ether oxygens (including phenoxy) is 1. The standard InChI is InChI=1S/C17H14O3S/c1-11-4-2-3-5-15(11)20-10-14-8-12-6-7-13(17(18)19)9-16(12)21-14/h2-9H,10H2,1H3,(H,18,19). The van der Waals surface area contributed by atoms with E-state index in [-0.39, 0.29) is 0 Å². The van der Waals surface area contributed by atoms with E-state index in [1.54, 1.807) is 23.5 Å². The van der Waals surface area contributed by atoms with Crippen molar-refractivity contribution >= 4 is 27.4 Å². The van der Waals surface area contributed by atoms with Gasteiger partial charge in [0.25, 0.3) is 0 Å². The minimum absolute atomic E-state index is 0.315. The van der Waals surface area contributed by atoms with Gasteiger partial charge in [-0.25, -0.2) is 4.79 Å². The van der Waals surface area contributed by atoms with Gasteiger partial charge in [-0.3, -0.25) is 0 Å². The molecule has 0 saturated heterocycles. The SMILES string of the molecule is Cc1ccccc1OCc1cc2ccc(C(=O)O)cc2s1. The number of rotatable bonds is 4. The van der Waals surface area contributed by atoms with E-state index in [4.69, 9.17) is 9.84 Å². The molecule has 0 aliphatic rings. The lowest BCUT2D eigenvalue weighted by Gasteiger charge is -2.06. The highest BCUT2D eigenvalue weighted by molar-refractivity contribution is 7.19. The van der Waals surface area contributed by atoms with Crippen LogP contribution in [0.25, 0.3) is 10.1 Å². The third-order valence-electron chi connectivity index (χ3n) is 3.28. The van der Waals surface area contributed by atoms with Crippen LogP contribution in [0.15, 0.2) is 48.5 Å². The van der Waals surface area contributed by atoms with Crippen LogP contribution in [0.4, 0.5) is 0 Å². The molecule has 0 bridgehead atoms. The highest BCUT2D eigenvalue weighted by atomic mass is 32.1. The van der Waals surface area contributed by atoms with Crippen LogP contribution in [-0.4, -0.2) is 11.1 Å². The summed E-state index contributed by atoms with van der Waals surface area (Å²) in [6.45, 7) is 2.51. The Hall–Kier alpha value is -2.33. The normalized spacial score (nSPS) is 10.7. The molecule has 106 valence electrons. The third kappa shape index (κ3) is 2.90. The number of carboxylic acids is 1. The van der Waals surface area contributed by atoms with Crippen molar-refractivity contribution in [2.24, 2.45) is 0 Å². The van der Waals surface area contributed by atoms with Gasteiger partial charge < -0.3 is 9.84 Å². The first-order chi connectivity index (χ1) is 10.1. The van der Waals surface area contributed by atoms with Crippen molar-refractivity contribution in [2.75, 3.05) is 0 Å². The van der Waals surface area contributed by atoms with Crippen LogP contribution >= 0.6 is 11.3 Å². The van der Waals surface area contributed by atoms with Crippen molar-refractivity contribution in [3.8, 4) is 5.75 Å². The molecule has 0 saturated carbocycles. The fourth-order valence-corrected chi connectivity index (χ4v) is 3.17. The van der Waals surface area contributed by atoms with Gasteiger partial charge in [-0.1, -0.05) is 24.3 Å². The van der Waals surface area contributed by atoms with Crippen LogP contribution < -0.4 is 4.74 Å². The van der Waals surface area contributed by atoms with Crippen molar-refractivity contribution in [3.05, 3.63) is 64.5 Å². The number of aryl methyl sites for hydroxylation is 1. The Morgan fingerprint density at radius 3 is 2.76 bits per heavy atom. The highest BCUT2D eigenvalue weighted by Crippen LogP contribution is 2.28. The number of fused-ring (bicyclic) bond motifs is 1. The zero-order chi connectivity index (χ0) is 14.8. The molecule has 0 atom stereocenters. The number of carbonyl (C=O) groups is 1. The maximum absolute atomic E-state index is 11.0. The van der Waals surface area contributed by atoms with E-state index in [1.165, 1.54) is 0 Å². The molecule has 1 heterocycles. The van der Waals surface area contributed by atoms with Gasteiger partial charge in [0.1, 0.15) is 12.4 Å². The maximum Gasteiger partial charge on any atom is 0.335 e. The summed E-state index contributed by atoms with van der Waals surface area (Å²) < 4.78 is 6.79. The first-order valence-electron chi connectivity index (χ1n) is 6.58. The van der Waals surface area contributed by atoms with E-state index in [1.807, 2.05) is 43.3 Å². The summed E-state index contributed by atoms with van der Waals surface area (Å²) in [5.41, 5.74) is 1.42. The van der Waals surface area contributed by atoms with Crippen molar-refractivity contribution < 1.29 is 14.6 Å². The molecule has 0 amide bonds. The number of benzene rings is 2. The molecule has 1 aromatic heterocycles. The van der Waals surface area contributed by atoms with E-state index >= 15 is 0 Å². The number of hydrogen-bond donors (Lipinski definition) is 1. The second kappa shape index (κ2) is 5.58. The van der Waals surface area contributed by atoms with E-state index in [0.717, 1.165) is 26.3 Å². The van der Waals surface area contributed by atoms with Gasteiger partial charge in [0.2, 0.25) is 0 Å². The number of hydrogen-bond acceptors (Lipinski definition) is 3. The van der Waals surface area contributed by atoms with Gasteiger partial charge in [-0.15, -0.1) is 11.3 Å². The lowest BCUT2D eigenvalue weighted by atomic mass is 10.2. The minimum Gasteiger partial charge on any atom is -0.488 e. The van der Waals surface area contributed by atoms with Gasteiger partial charge in [0, 0.05) is 9.58 Å². The molecule has 2 aromatic carbocycles. The van der Waals surface area contributed by atoms with Gasteiger partial charge in [-0.2, -0.15) is 0 Å². The number of carboxylic acid groups (broad SMARTS) is 1. The Balaban J connectivity index is 1.82. The summed E-state index contributed by atoms with van der Waals surface area (Å²) in [7, 11) is 0. The summed E-state index contributed by atoms with van der Waals surface area (Å²) in [6.07, 6.45) is 0. The van der Waals surface area contributed by atoms with Gasteiger partial charge in [-0.05, 0) is 42.1 Å². The molecule has 0 aliphatic heterocycles. The van der Waals surface area contributed by atoms with Crippen LogP contribution in [0.2, 0.25) is 0 Å². The fourth-order valence-electron chi connectivity index (χ4n) is 2.16. The Bertz CT molecular complexity index is 805. The van der Waals surface area contributed by atoms with Crippen LogP contribution in [0.5, 0.6) is 5.75 Å². The zero-order valence-corrected chi connectivity index (χ0v) is 12.3. The molecule has 3 rings (SSSR count). The molecule has 0 radical (unpaired) electrons. The Labute approximate surface area is 126 Å². The second-order valence-electron chi connectivity index (χ2n) is 4.82. The average Bonchev–Trinajstić information content (AvgIpc) is 2.88. The fraction of sp³-hybridized carbons (Fsp3) is 0.118. The molecule has 0 spiro atoms. The highest BCUT2D eigenvalue weighted by Gasteiger charge is 2.08. The molecule has 21 heavy (non-hydrogen) atoms. The van der Waals surface area contributed by atoms with E-state index < -0.39 is 5.97 Å². The molecule has 4 heteroatoms. The predicted octanol–water partition coefficient (Wildman–Crippen LogP) is 4.49. The molecule has 1 N–H and O–H groups in total. The van der Waals surface area contributed by atoms with Gasteiger partial charge >= 0.3 is 5.97 Å². The summed E-state index contributed by atoms with van der Waals surface area (Å²) in [5, 5.41) is 10.1. The molecule has 3 nitrogen and oxygen atoms in total. The van der Waals surface area contributed by atoms with Crippen LogP contribution in [0.1, 0.15) is 20.8 Å². The van der Waals surface area contributed by atoms with Crippen molar-refractivity contribution in [3.63, 3.8) is 0 Å². The number of aromatic carboxylic acids is 1. The van der Waals surface area contributed by atoms with E-state index in [9.17, 15) is 4.79 Å². The zero-order valence-electron chi connectivity index (χ0n) is 11.5. The Kier molecular flexibility index (Phi) is 3.62. The second-order valence-corrected chi connectivity index (χ2v) is 5.99. The monoisotopic (exact) mass is 298 g/mol. The van der Waals surface area contributed by atoms with Crippen LogP contribution in [0.3, 0.4) is 0 Å². The first-order valence-corrected chi connectivity index (χ1v) is 7.39. The smallest absolute Gasteiger partial charge is 0.335 e. The summed E-state index contributed by atoms with van der Waals surface area (Å²) in [5.74, 6) is -0.0239. The number of para-hydroxylation sites is 1. The largest absolute Gasteiger partial charge is 0.488 e. The van der Waals surface area contributed by atoms with Crippen LogP contribution in [-0.2, 0) is 6.61 Å². The molecule has 0 aliphatic carbocycles. The van der Waals surface area contributed by atoms with E-state index in [0.29, 0.717) is 12.2 Å². The number of thiophene rings is 1.